The molecule has 7 heteroatoms. The molecule has 0 atom stereocenters. The summed E-state index contributed by atoms with van der Waals surface area (Å²) in [6.45, 7) is 9.55. The van der Waals surface area contributed by atoms with Crippen LogP contribution in [0.25, 0.3) is 22.3 Å². The Balaban J connectivity index is 1.08. The highest BCUT2D eigenvalue weighted by Crippen LogP contribution is 2.37. The van der Waals surface area contributed by atoms with Gasteiger partial charge in [-0.25, -0.2) is 9.98 Å². The van der Waals surface area contributed by atoms with E-state index in [0.717, 1.165) is 72.8 Å². The molecule has 4 aliphatic rings. The van der Waals surface area contributed by atoms with Crippen LogP contribution in [0.5, 0.6) is 23.0 Å². The molecule has 230 valence electrons. The van der Waals surface area contributed by atoms with Gasteiger partial charge in [0.15, 0.2) is 0 Å². The molecule has 0 fully saturated rings. The van der Waals surface area contributed by atoms with E-state index in [4.69, 9.17) is 18.9 Å². The maximum Gasteiger partial charge on any atom is 0.260 e. The van der Waals surface area contributed by atoms with Gasteiger partial charge in [-0.15, -0.1) is 0 Å². The molecule has 5 aromatic carbocycles. The lowest BCUT2D eigenvalue weighted by atomic mass is 9.35. The second-order valence-corrected chi connectivity index (χ2v) is 13.9. The molecule has 0 bridgehead atoms. The summed E-state index contributed by atoms with van der Waals surface area (Å²) in [6, 6.07) is 35.9. The summed E-state index contributed by atoms with van der Waals surface area (Å²) in [4.78, 5) is 9.29. The van der Waals surface area contributed by atoms with Gasteiger partial charge in [0.1, 0.15) is 34.2 Å². The van der Waals surface area contributed by atoms with Crippen LogP contribution in [0.1, 0.15) is 38.8 Å². The molecule has 0 aromatic heterocycles. The monoisotopic (exact) mass is 616 g/mol. The van der Waals surface area contributed by atoms with Crippen LogP contribution in [0.2, 0.25) is 0 Å². The highest BCUT2D eigenvalue weighted by molar-refractivity contribution is 6.98. The second-order valence-electron chi connectivity index (χ2n) is 13.9. The topological polar surface area (TPSA) is 61.6 Å². The Morgan fingerprint density at radius 2 is 0.915 bits per heavy atom. The second kappa shape index (κ2) is 10.1. The minimum atomic E-state index is -0.279. The van der Waals surface area contributed by atoms with Crippen molar-refractivity contribution in [1.29, 1.82) is 0 Å². The molecule has 4 aliphatic heterocycles. The van der Waals surface area contributed by atoms with E-state index in [1.54, 1.807) is 0 Å². The van der Waals surface area contributed by atoms with Crippen LogP contribution in [-0.4, -0.2) is 42.8 Å². The van der Waals surface area contributed by atoms with E-state index < -0.39 is 0 Å². The summed E-state index contributed by atoms with van der Waals surface area (Å²) in [5, 5.41) is 0. The van der Waals surface area contributed by atoms with Gasteiger partial charge in [0.05, 0.1) is 13.1 Å². The first-order valence-corrected chi connectivity index (χ1v) is 16.1. The highest BCUT2D eigenvalue weighted by Gasteiger charge is 2.40. The van der Waals surface area contributed by atoms with E-state index in [1.165, 1.54) is 0 Å². The summed E-state index contributed by atoms with van der Waals surface area (Å²) >= 11 is 0. The first-order chi connectivity index (χ1) is 22.7. The van der Waals surface area contributed by atoms with Gasteiger partial charge in [-0.3, -0.25) is 0 Å². The first-order valence-electron chi connectivity index (χ1n) is 16.1. The number of nitrogens with zero attached hydrogens (tertiary/aromatic N) is 2. The molecule has 0 saturated carbocycles. The van der Waals surface area contributed by atoms with Gasteiger partial charge in [0, 0.05) is 16.6 Å². The third-order valence-electron chi connectivity index (χ3n) is 9.24. The van der Waals surface area contributed by atoms with Crippen LogP contribution < -0.4 is 25.9 Å². The third-order valence-corrected chi connectivity index (χ3v) is 9.24. The van der Waals surface area contributed by atoms with Gasteiger partial charge in [0.25, 0.3) is 6.71 Å². The van der Waals surface area contributed by atoms with Crippen LogP contribution in [0.15, 0.2) is 113 Å². The molecule has 0 spiro atoms. The molecule has 0 aliphatic carbocycles. The molecule has 0 amide bonds. The average molecular weight is 617 g/mol. The molecule has 0 saturated heterocycles. The minimum absolute atomic E-state index is 0.0126. The Kier molecular flexibility index (Phi) is 6.01. The molecular formula is C40H33BN2O4. The van der Waals surface area contributed by atoms with E-state index in [1.807, 2.05) is 18.2 Å². The zero-order valence-corrected chi connectivity index (χ0v) is 26.8. The maximum atomic E-state index is 6.58. The fraction of sp³-hybridized carbons (Fsp3) is 0.200. The molecule has 0 N–H and O–H groups in total. The zero-order valence-electron chi connectivity index (χ0n) is 26.8. The number of hydrogen-bond acceptors (Lipinski definition) is 6. The van der Waals surface area contributed by atoms with Gasteiger partial charge in [-0.05, 0) is 109 Å². The van der Waals surface area contributed by atoms with Gasteiger partial charge >= 0.3 is 0 Å². The summed E-state index contributed by atoms with van der Waals surface area (Å²) in [6.07, 6.45) is 0. The predicted molar refractivity (Wildman–Crippen MR) is 188 cm³/mol. The SMILES string of the molecule is CC1(C)CN=C(c2cccc(-c3ccc4c(c3)Oc3cccc5c3B4c3ccc(-c4cccc(C6=NCC(C)(C)O6)c4)cc3O5)c2)O1. The maximum absolute atomic E-state index is 6.58. The Morgan fingerprint density at radius 3 is 1.36 bits per heavy atom. The van der Waals surface area contributed by atoms with Gasteiger partial charge in [-0.1, -0.05) is 54.6 Å². The first kappa shape index (κ1) is 28.0. The summed E-state index contributed by atoms with van der Waals surface area (Å²) in [5.41, 5.74) is 9.02. The van der Waals surface area contributed by atoms with Crippen molar-refractivity contribution in [1.82, 2.24) is 0 Å². The van der Waals surface area contributed by atoms with Gasteiger partial charge in [-0.2, -0.15) is 0 Å². The fourth-order valence-electron chi connectivity index (χ4n) is 6.92. The van der Waals surface area contributed by atoms with E-state index in [9.17, 15) is 0 Å². The molecule has 0 radical (unpaired) electrons. The average Bonchev–Trinajstić information content (AvgIpc) is 3.64. The molecule has 6 nitrogen and oxygen atoms in total. The van der Waals surface area contributed by atoms with E-state index >= 15 is 0 Å². The molecule has 47 heavy (non-hydrogen) atoms. The number of ether oxygens (including phenoxy) is 4. The van der Waals surface area contributed by atoms with Crippen LogP contribution in [-0.2, 0) is 9.47 Å². The van der Waals surface area contributed by atoms with E-state index in [0.29, 0.717) is 24.9 Å². The lowest BCUT2D eigenvalue weighted by molar-refractivity contribution is 0.131. The van der Waals surface area contributed by atoms with Gasteiger partial charge in [0.2, 0.25) is 11.8 Å². The highest BCUT2D eigenvalue weighted by atomic mass is 16.5. The van der Waals surface area contributed by atoms with E-state index in [-0.39, 0.29) is 17.9 Å². The Labute approximate surface area is 274 Å². The lowest BCUT2D eigenvalue weighted by Gasteiger charge is -2.33. The fourth-order valence-corrected chi connectivity index (χ4v) is 6.92. The normalized spacial score (nSPS) is 17.6. The van der Waals surface area contributed by atoms with Crippen molar-refractivity contribution in [3.63, 3.8) is 0 Å². The Bertz CT molecular complexity index is 2030. The largest absolute Gasteiger partial charge is 0.469 e. The number of rotatable bonds is 4. The van der Waals surface area contributed by atoms with Crippen LogP contribution in [0.4, 0.5) is 0 Å². The van der Waals surface area contributed by atoms with Gasteiger partial charge < -0.3 is 18.9 Å². The van der Waals surface area contributed by atoms with Crippen molar-refractivity contribution in [3.8, 4) is 45.3 Å². The Hall–Kier alpha value is -5.30. The van der Waals surface area contributed by atoms with Crippen molar-refractivity contribution >= 4 is 34.9 Å². The number of aliphatic imine (C=N–C) groups is 2. The summed E-state index contributed by atoms with van der Waals surface area (Å²) < 4.78 is 25.4. The number of hydrogen-bond donors (Lipinski definition) is 0. The van der Waals surface area contributed by atoms with Crippen LogP contribution in [0, 0.1) is 0 Å². The van der Waals surface area contributed by atoms with Crippen LogP contribution in [0.3, 0.4) is 0 Å². The summed E-state index contributed by atoms with van der Waals surface area (Å²) in [7, 11) is 0. The van der Waals surface area contributed by atoms with Crippen molar-refractivity contribution in [3.05, 3.63) is 114 Å². The molecule has 0 unspecified atom stereocenters. The number of fused-ring (bicyclic) bond motifs is 4. The lowest BCUT2D eigenvalue weighted by Crippen LogP contribution is -2.57. The summed E-state index contributed by atoms with van der Waals surface area (Å²) in [5.74, 6) is 4.74. The smallest absolute Gasteiger partial charge is 0.260 e. The standard InChI is InChI=1S/C40H33BN2O4/c1-39(2)22-42-37(46-39)28-10-5-8-24(18-28)26-14-16-30-34(20-26)44-32-12-7-13-33-36(32)41(30)31-17-15-27(21-35(31)45-33)25-9-6-11-29(19-25)38-43-23-40(3,4)47-38/h5-21H,22-23H2,1-4H3. The van der Waals surface area contributed by atoms with Crippen molar-refractivity contribution in [2.75, 3.05) is 13.1 Å². The number of benzene rings is 5. The zero-order chi connectivity index (χ0) is 31.9. The van der Waals surface area contributed by atoms with Crippen molar-refractivity contribution in [2.24, 2.45) is 9.98 Å². The minimum Gasteiger partial charge on any atom is -0.469 e. The molecule has 5 aromatic rings. The van der Waals surface area contributed by atoms with Crippen LogP contribution >= 0.6 is 0 Å². The molecular weight excluding hydrogens is 583 g/mol. The molecule has 9 rings (SSSR count). The molecule has 4 heterocycles. The van der Waals surface area contributed by atoms with Crippen molar-refractivity contribution in [2.45, 2.75) is 38.9 Å². The Morgan fingerprint density at radius 1 is 0.489 bits per heavy atom. The third kappa shape index (κ3) is 4.80. The van der Waals surface area contributed by atoms with E-state index in [2.05, 4.69) is 123 Å². The predicted octanol–water partition coefficient (Wildman–Crippen LogP) is 6.86. The van der Waals surface area contributed by atoms with Crippen molar-refractivity contribution < 1.29 is 18.9 Å². The quantitative estimate of drug-likeness (QED) is 0.203.